The quantitative estimate of drug-likeness (QED) is 0.477. The van der Waals surface area contributed by atoms with E-state index < -0.39 is 0 Å². The van der Waals surface area contributed by atoms with Crippen molar-refractivity contribution in [2.45, 2.75) is 65.0 Å². The molecule has 0 aromatic carbocycles. The standard InChI is InChI=1S/C14H26N2O/c1-5-8-9-11-15-14(17)12(4)16-13(7-3)10-6-2/h2,12-13,16H,5,7-11H2,1,3-4H3,(H,15,17). The minimum Gasteiger partial charge on any atom is -0.355 e. The van der Waals surface area contributed by atoms with Crippen LogP contribution < -0.4 is 10.6 Å². The molecule has 1 amide bonds. The molecule has 0 spiro atoms. The van der Waals surface area contributed by atoms with Crippen LogP contribution in [0.3, 0.4) is 0 Å². The Morgan fingerprint density at radius 1 is 1.35 bits per heavy atom. The van der Waals surface area contributed by atoms with Crippen LogP contribution in [0.4, 0.5) is 0 Å². The highest BCUT2D eigenvalue weighted by atomic mass is 16.2. The Morgan fingerprint density at radius 2 is 2.06 bits per heavy atom. The van der Waals surface area contributed by atoms with Gasteiger partial charge < -0.3 is 10.6 Å². The molecule has 0 aromatic rings. The van der Waals surface area contributed by atoms with Gasteiger partial charge >= 0.3 is 0 Å². The van der Waals surface area contributed by atoms with Gasteiger partial charge in [-0.05, 0) is 19.8 Å². The average molecular weight is 238 g/mol. The molecule has 17 heavy (non-hydrogen) atoms. The fraction of sp³-hybridized carbons (Fsp3) is 0.786. The van der Waals surface area contributed by atoms with E-state index in [0.717, 1.165) is 25.8 Å². The van der Waals surface area contributed by atoms with Gasteiger partial charge in [-0.25, -0.2) is 0 Å². The molecule has 3 heteroatoms. The second kappa shape index (κ2) is 10.2. The number of carbonyl (C=O) groups excluding carboxylic acids is 1. The van der Waals surface area contributed by atoms with Crippen molar-refractivity contribution in [2.75, 3.05) is 6.54 Å². The van der Waals surface area contributed by atoms with E-state index in [4.69, 9.17) is 6.42 Å². The Hall–Kier alpha value is -1.01. The zero-order valence-electron chi connectivity index (χ0n) is 11.4. The van der Waals surface area contributed by atoms with E-state index in [9.17, 15) is 4.79 Å². The summed E-state index contributed by atoms with van der Waals surface area (Å²) in [5.41, 5.74) is 0. The summed E-state index contributed by atoms with van der Waals surface area (Å²) in [7, 11) is 0. The van der Waals surface area contributed by atoms with Gasteiger partial charge in [0.1, 0.15) is 0 Å². The number of carbonyl (C=O) groups is 1. The van der Waals surface area contributed by atoms with Gasteiger partial charge in [-0.2, -0.15) is 0 Å². The van der Waals surface area contributed by atoms with E-state index in [-0.39, 0.29) is 18.0 Å². The third-order valence-corrected chi connectivity index (χ3v) is 2.82. The first-order valence-electron chi connectivity index (χ1n) is 6.62. The maximum Gasteiger partial charge on any atom is 0.236 e. The van der Waals surface area contributed by atoms with Gasteiger partial charge in [0.25, 0.3) is 0 Å². The van der Waals surface area contributed by atoms with Crippen LogP contribution in [-0.4, -0.2) is 24.5 Å². The SMILES string of the molecule is C#CCC(CC)NC(C)C(=O)NCCCCC. The summed E-state index contributed by atoms with van der Waals surface area (Å²) in [5, 5.41) is 6.19. The molecule has 2 N–H and O–H groups in total. The van der Waals surface area contributed by atoms with Gasteiger partial charge in [0.05, 0.1) is 6.04 Å². The summed E-state index contributed by atoms with van der Waals surface area (Å²) in [6.07, 6.45) is 10.3. The van der Waals surface area contributed by atoms with E-state index in [1.807, 2.05) is 6.92 Å². The predicted octanol–water partition coefficient (Wildman–Crippen LogP) is 2.07. The molecule has 2 unspecified atom stereocenters. The molecule has 0 bridgehead atoms. The third-order valence-electron chi connectivity index (χ3n) is 2.82. The monoisotopic (exact) mass is 238 g/mol. The van der Waals surface area contributed by atoms with E-state index in [0.29, 0.717) is 6.42 Å². The van der Waals surface area contributed by atoms with Crippen LogP contribution in [-0.2, 0) is 4.79 Å². The Labute approximate surface area is 106 Å². The van der Waals surface area contributed by atoms with Crippen molar-refractivity contribution >= 4 is 5.91 Å². The summed E-state index contributed by atoms with van der Waals surface area (Å²) in [6.45, 7) is 6.87. The van der Waals surface area contributed by atoms with Crippen LogP contribution in [0.5, 0.6) is 0 Å². The highest BCUT2D eigenvalue weighted by Crippen LogP contribution is 1.98. The zero-order chi connectivity index (χ0) is 13.1. The van der Waals surface area contributed by atoms with E-state index in [2.05, 4.69) is 30.4 Å². The van der Waals surface area contributed by atoms with Gasteiger partial charge in [-0.15, -0.1) is 12.3 Å². The molecule has 0 aliphatic carbocycles. The van der Waals surface area contributed by atoms with Crippen molar-refractivity contribution in [3.05, 3.63) is 0 Å². The van der Waals surface area contributed by atoms with Gasteiger partial charge in [-0.1, -0.05) is 26.7 Å². The van der Waals surface area contributed by atoms with Crippen molar-refractivity contribution < 1.29 is 4.79 Å². The van der Waals surface area contributed by atoms with E-state index in [1.165, 1.54) is 6.42 Å². The van der Waals surface area contributed by atoms with Crippen LogP contribution in [0, 0.1) is 12.3 Å². The first-order chi connectivity index (χ1) is 8.15. The molecule has 3 nitrogen and oxygen atoms in total. The molecule has 0 aliphatic heterocycles. The van der Waals surface area contributed by atoms with Crippen LogP contribution >= 0.6 is 0 Å². The number of rotatable bonds is 9. The molecule has 0 aromatic heterocycles. The Bertz CT molecular complexity index is 245. The summed E-state index contributed by atoms with van der Waals surface area (Å²) < 4.78 is 0. The predicted molar refractivity (Wildman–Crippen MR) is 72.7 cm³/mol. The molecule has 0 aliphatic rings. The van der Waals surface area contributed by atoms with Crippen molar-refractivity contribution in [1.29, 1.82) is 0 Å². The molecule has 0 heterocycles. The third kappa shape index (κ3) is 7.82. The molecule has 0 saturated heterocycles. The molecule has 0 saturated carbocycles. The van der Waals surface area contributed by atoms with Crippen molar-refractivity contribution in [3.63, 3.8) is 0 Å². The maximum atomic E-state index is 11.7. The maximum absolute atomic E-state index is 11.7. The molecular formula is C14H26N2O. The van der Waals surface area contributed by atoms with Crippen molar-refractivity contribution in [1.82, 2.24) is 10.6 Å². The number of hydrogen-bond donors (Lipinski definition) is 2. The number of unbranched alkanes of at least 4 members (excludes halogenated alkanes) is 2. The van der Waals surface area contributed by atoms with Crippen LogP contribution in [0.15, 0.2) is 0 Å². The first kappa shape index (κ1) is 16.0. The largest absolute Gasteiger partial charge is 0.355 e. The fourth-order valence-corrected chi connectivity index (χ4v) is 1.63. The molecule has 0 rings (SSSR count). The number of terminal acetylenes is 1. The lowest BCUT2D eigenvalue weighted by molar-refractivity contribution is -0.122. The lowest BCUT2D eigenvalue weighted by atomic mass is 10.1. The second-order valence-electron chi connectivity index (χ2n) is 4.40. The average Bonchev–Trinajstić information content (AvgIpc) is 2.33. The van der Waals surface area contributed by atoms with Gasteiger partial charge in [0, 0.05) is 19.0 Å². The van der Waals surface area contributed by atoms with Gasteiger partial charge in [-0.3, -0.25) is 4.79 Å². The molecule has 2 atom stereocenters. The summed E-state index contributed by atoms with van der Waals surface area (Å²) in [6, 6.07) is 0.0614. The lowest BCUT2D eigenvalue weighted by Gasteiger charge is -2.20. The summed E-state index contributed by atoms with van der Waals surface area (Å²) >= 11 is 0. The highest BCUT2D eigenvalue weighted by Gasteiger charge is 2.15. The van der Waals surface area contributed by atoms with Crippen molar-refractivity contribution in [2.24, 2.45) is 0 Å². The summed E-state index contributed by atoms with van der Waals surface area (Å²) in [4.78, 5) is 11.7. The lowest BCUT2D eigenvalue weighted by Crippen LogP contribution is -2.46. The minimum atomic E-state index is -0.171. The van der Waals surface area contributed by atoms with Gasteiger partial charge in [0.2, 0.25) is 5.91 Å². The zero-order valence-corrected chi connectivity index (χ0v) is 11.4. The number of amides is 1. The minimum absolute atomic E-state index is 0.0663. The van der Waals surface area contributed by atoms with Crippen LogP contribution in [0.25, 0.3) is 0 Å². The molecular weight excluding hydrogens is 212 g/mol. The summed E-state index contributed by atoms with van der Waals surface area (Å²) in [5.74, 6) is 2.69. The van der Waals surface area contributed by atoms with E-state index in [1.54, 1.807) is 0 Å². The molecule has 0 fully saturated rings. The molecule has 98 valence electrons. The number of hydrogen-bond acceptors (Lipinski definition) is 2. The highest BCUT2D eigenvalue weighted by molar-refractivity contribution is 5.81. The molecule has 0 radical (unpaired) electrons. The number of nitrogens with one attached hydrogen (secondary N) is 2. The van der Waals surface area contributed by atoms with Crippen LogP contribution in [0.1, 0.15) is 52.9 Å². The van der Waals surface area contributed by atoms with Gasteiger partial charge in [0.15, 0.2) is 0 Å². The first-order valence-corrected chi connectivity index (χ1v) is 6.62. The van der Waals surface area contributed by atoms with Crippen molar-refractivity contribution in [3.8, 4) is 12.3 Å². The van der Waals surface area contributed by atoms with E-state index >= 15 is 0 Å². The topological polar surface area (TPSA) is 41.1 Å². The Kier molecular flexibility index (Phi) is 9.56. The smallest absolute Gasteiger partial charge is 0.236 e. The Morgan fingerprint density at radius 3 is 2.59 bits per heavy atom. The normalized spacial score (nSPS) is 13.8. The fourth-order valence-electron chi connectivity index (χ4n) is 1.63. The second-order valence-corrected chi connectivity index (χ2v) is 4.40. The van der Waals surface area contributed by atoms with Crippen LogP contribution in [0.2, 0.25) is 0 Å². The Balaban J connectivity index is 3.83.